The highest BCUT2D eigenvalue weighted by molar-refractivity contribution is 7.11. The quantitative estimate of drug-likeness (QED) is 0.0758. The lowest BCUT2D eigenvalue weighted by Gasteiger charge is -2.15. The molecule has 4 aromatic carbocycles. The van der Waals surface area contributed by atoms with Crippen LogP contribution in [0.1, 0.15) is 66.3 Å². The summed E-state index contributed by atoms with van der Waals surface area (Å²) >= 11 is 2.14. The summed E-state index contributed by atoms with van der Waals surface area (Å²) in [5.74, 6) is -9.08. The maximum atomic E-state index is 14.3. The Morgan fingerprint density at radius 2 is 0.940 bits per heavy atom. The Morgan fingerprint density at radius 3 is 1.30 bits per heavy atom. The van der Waals surface area contributed by atoms with Crippen molar-refractivity contribution < 1.29 is 94.0 Å². The van der Waals surface area contributed by atoms with E-state index in [1.807, 2.05) is 0 Å². The molecule has 0 atom stereocenters. The van der Waals surface area contributed by atoms with Gasteiger partial charge in [0.2, 0.25) is 5.01 Å². The molecule has 10 nitrogen and oxygen atoms in total. The van der Waals surface area contributed by atoms with Gasteiger partial charge in [-0.3, -0.25) is 4.79 Å². The summed E-state index contributed by atoms with van der Waals surface area (Å²) in [6.45, 7) is 1.77. The van der Waals surface area contributed by atoms with Crippen molar-refractivity contribution in [2.24, 2.45) is 5.73 Å². The fourth-order valence-electron chi connectivity index (χ4n) is 4.97. The van der Waals surface area contributed by atoms with E-state index < -0.39 is 105 Å². The SMILES string of the molecule is CCOC(=O)c1nncs1.NCc1cc(F)c(Oc2cc(C(F)(F)F)cc(C(F)(F)F)c2)cc1F.O=C(CCc1cc(F)c(Oc2cc(C(F)(F)F)cc(C(F)(F)F)c2)cc1F)c1nncs1. The first-order valence-electron chi connectivity index (χ1n) is 17.9. The van der Waals surface area contributed by atoms with Gasteiger partial charge in [-0.2, -0.15) is 52.7 Å². The number of Topliss-reactive ketones (excluding diaryl/α,β-unsaturated/α-hetero) is 1. The van der Waals surface area contributed by atoms with Crippen LogP contribution in [0.5, 0.6) is 23.0 Å². The number of aryl methyl sites for hydroxylation is 1. The minimum Gasteiger partial charge on any atom is -0.461 e. The highest BCUT2D eigenvalue weighted by Gasteiger charge is 2.39. The lowest BCUT2D eigenvalue weighted by Crippen LogP contribution is -2.11. The predicted octanol–water partition coefficient (Wildman–Crippen LogP) is 12.4. The van der Waals surface area contributed by atoms with Crippen molar-refractivity contribution in [3.8, 4) is 23.0 Å². The molecule has 0 bridgehead atoms. The summed E-state index contributed by atoms with van der Waals surface area (Å²) in [6, 6.07) is 3.01. The second-order valence-corrected chi connectivity index (χ2v) is 14.4. The van der Waals surface area contributed by atoms with Crippen LogP contribution >= 0.6 is 22.7 Å². The Bertz CT molecular complexity index is 2580. The number of nitrogens with zero attached hydrogens (tertiary/aromatic N) is 4. The molecule has 6 rings (SSSR count). The Labute approximate surface area is 372 Å². The molecule has 2 heterocycles. The predicted molar refractivity (Wildman–Crippen MR) is 202 cm³/mol. The zero-order valence-electron chi connectivity index (χ0n) is 33.0. The van der Waals surface area contributed by atoms with Crippen LogP contribution in [0.25, 0.3) is 0 Å². The molecule has 0 radical (unpaired) electrons. The number of carbonyl (C=O) groups is 2. The molecule has 0 aliphatic heterocycles. The van der Waals surface area contributed by atoms with Crippen LogP contribution in [0.3, 0.4) is 0 Å². The number of nitrogens with two attached hydrogens (primary N) is 1. The number of alkyl halides is 12. The zero-order chi connectivity index (χ0) is 50.1. The van der Waals surface area contributed by atoms with Crippen LogP contribution < -0.4 is 15.2 Å². The Kier molecular flexibility index (Phi) is 17.4. The van der Waals surface area contributed by atoms with Crippen molar-refractivity contribution in [3.05, 3.63) is 138 Å². The zero-order valence-corrected chi connectivity index (χ0v) is 34.7. The van der Waals surface area contributed by atoms with Crippen molar-refractivity contribution in [1.29, 1.82) is 0 Å². The molecular formula is C39H25F16N5O5S2. The molecule has 0 saturated carbocycles. The fraction of sp³-hybridized carbons (Fsp3) is 0.231. The number of hydrogen-bond donors (Lipinski definition) is 1. The van der Waals surface area contributed by atoms with E-state index in [-0.39, 0.29) is 71.9 Å². The molecule has 360 valence electrons. The number of aromatic nitrogens is 4. The van der Waals surface area contributed by atoms with Gasteiger partial charge in [-0.15, -0.1) is 20.4 Å². The molecule has 0 amide bonds. The molecule has 0 aliphatic rings. The maximum Gasteiger partial charge on any atom is 0.416 e. The normalized spacial score (nSPS) is 11.8. The lowest BCUT2D eigenvalue weighted by atomic mass is 10.1. The highest BCUT2D eigenvalue weighted by Crippen LogP contribution is 2.41. The second kappa shape index (κ2) is 21.9. The Balaban J connectivity index is 0.000000247. The number of ketones is 1. The van der Waals surface area contributed by atoms with Gasteiger partial charge in [-0.05, 0) is 67.4 Å². The summed E-state index contributed by atoms with van der Waals surface area (Å²) in [5, 5.41) is 14.4. The number of rotatable bonds is 11. The third-order valence-electron chi connectivity index (χ3n) is 8.03. The van der Waals surface area contributed by atoms with Gasteiger partial charge in [-0.1, -0.05) is 22.7 Å². The fourth-order valence-corrected chi connectivity index (χ4v) is 5.94. The number of hydrogen-bond acceptors (Lipinski definition) is 12. The first-order chi connectivity index (χ1) is 31.1. The van der Waals surface area contributed by atoms with Crippen LogP contribution in [0.2, 0.25) is 0 Å². The van der Waals surface area contributed by atoms with Gasteiger partial charge in [0.15, 0.2) is 33.9 Å². The number of benzene rings is 4. The Hall–Kier alpha value is -6.42. The minimum atomic E-state index is -5.13. The molecule has 0 fully saturated rings. The molecule has 6 aromatic rings. The van der Waals surface area contributed by atoms with Crippen LogP contribution in [-0.4, -0.2) is 38.8 Å². The molecule has 0 unspecified atom stereocenters. The van der Waals surface area contributed by atoms with Gasteiger partial charge in [0.25, 0.3) is 0 Å². The lowest BCUT2D eigenvalue weighted by molar-refractivity contribution is -0.144. The van der Waals surface area contributed by atoms with Gasteiger partial charge < -0.3 is 19.9 Å². The van der Waals surface area contributed by atoms with Crippen LogP contribution in [-0.2, 0) is 42.4 Å². The number of ether oxygens (including phenoxy) is 3. The van der Waals surface area contributed by atoms with E-state index in [4.69, 9.17) is 15.2 Å². The van der Waals surface area contributed by atoms with E-state index in [0.29, 0.717) is 35.9 Å². The van der Waals surface area contributed by atoms with E-state index in [9.17, 15) is 79.8 Å². The number of halogens is 16. The smallest absolute Gasteiger partial charge is 0.416 e. The van der Waals surface area contributed by atoms with Gasteiger partial charge in [0, 0.05) is 30.7 Å². The van der Waals surface area contributed by atoms with Crippen molar-refractivity contribution in [2.45, 2.75) is 51.0 Å². The first kappa shape index (κ1) is 53.2. The molecule has 67 heavy (non-hydrogen) atoms. The standard InChI is InChI=1S/C19H10F8N2O2S.C15H9F8NO.C5H6N2O2S/c20-13-7-16(14(21)3-9(13)1-2-15(30)17-29-28-8-32-17)31-12-5-10(18(22,23)24)4-11(6-12)19(25,26)27;16-11-5-13(12(17)1-7(11)6-24)25-10-3-8(14(18,19)20)2-9(4-10)15(21,22)23;1-2-9-5(8)4-7-6-3-10-4/h3-8H,1-2H2;1-5H,6,24H2;3H,2H2,1H3. The van der Waals surface area contributed by atoms with E-state index in [1.165, 1.54) is 22.4 Å². The molecule has 28 heteroatoms. The number of carbonyl (C=O) groups excluding carboxylic acids is 2. The maximum absolute atomic E-state index is 14.3. The molecule has 0 saturated heterocycles. The van der Waals surface area contributed by atoms with Gasteiger partial charge in [0.05, 0.1) is 28.9 Å². The molecule has 2 N–H and O–H groups in total. The van der Waals surface area contributed by atoms with Gasteiger partial charge in [-0.25, -0.2) is 22.4 Å². The third kappa shape index (κ3) is 15.3. The van der Waals surface area contributed by atoms with Gasteiger partial charge in [0.1, 0.15) is 34.2 Å². The van der Waals surface area contributed by atoms with E-state index >= 15 is 0 Å². The summed E-state index contributed by atoms with van der Waals surface area (Å²) in [5.41, 5.74) is 0.869. The van der Waals surface area contributed by atoms with Crippen LogP contribution in [0.4, 0.5) is 70.2 Å². The topological polar surface area (TPSA) is 139 Å². The van der Waals surface area contributed by atoms with E-state index in [0.717, 1.165) is 11.3 Å². The van der Waals surface area contributed by atoms with Crippen molar-refractivity contribution in [1.82, 2.24) is 20.4 Å². The minimum absolute atomic E-state index is 0.0795. The first-order valence-corrected chi connectivity index (χ1v) is 19.7. The van der Waals surface area contributed by atoms with Crippen molar-refractivity contribution in [2.75, 3.05) is 6.61 Å². The van der Waals surface area contributed by atoms with Crippen molar-refractivity contribution >= 4 is 34.4 Å². The largest absolute Gasteiger partial charge is 0.461 e. The molecular weight excluding hydrogens is 987 g/mol. The van der Waals surface area contributed by atoms with Gasteiger partial charge >= 0.3 is 30.7 Å². The molecule has 0 spiro atoms. The van der Waals surface area contributed by atoms with Crippen molar-refractivity contribution in [3.63, 3.8) is 0 Å². The summed E-state index contributed by atoms with van der Waals surface area (Å²) in [6.07, 6.45) is -20.9. The summed E-state index contributed by atoms with van der Waals surface area (Å²) in [4.78, 5) is 22.7. The van der Waals surface area contributed by atoms with E-state index in [2.05, 4.69) is 25.1 Å². The highest BCUT2D eigenvalue weighted by atomic mass is 32.1. The second-order valence-electron chi connectivity index (χ2n) is 12.8. The molecule has 2 aromatic heterocycles. The summed E-state index contributed by atoms with van der Waals surface area (Å²) < 4.78 is 224. The average molecular weight is 1010 g/mol. The Morgan fingerprint density at radius 1 is 0.552 bits per heavy atom. The summed E-state index contributed by atoms with van der Waals surface area (Å²) in [7, 11) is 0. The molecule has 0 aliphatic carbocycles. The van der Waals surface area contributed by atoms with Crippen LogP contribution in [0.15, 0.2) is 71.7 Å². The van der Waals surface area contributed by atoms with Crippen LogP contribution in [0, 0.1) is 23.3 Å². The monoisotopic (exact) mass is 1010 g/mol. The average Bonchev–Trinajstić information content (AvgIpc) is 3.98. The van der Waals surface area contributed by atoms with E-state index in [1.54, 1.807) is 6.92 Å². The third-order valence-corrected chi connectivity index (χ3v) is 9.43. The number of esters is 1.